The molecule has 0 amide bonds. The first-order valence-electron chi connectivity index (χ1n) is 6.20. The number of benzene rings is 1. The van der Waals surface area contributed by atoms with E-state index in [1.54, 1.807) is 0 Å². The van der Waals surface area contributed by atoms with E-state index in [2.05, 4.69) is 9.55 Å². The van der Waals surface area contributed by atoms with Crippen LogP contribution in [0.5, 0.6) is 0 Å². The first-order chi connectivity index (χ1) is 8.74. The topological polar surface area (TPSA) is 20.7 Å². The average Bonchev–Trinajstić information content (AvgIpc) is 2.66. The Hall–Kier alpha value is -0.810. The molecule has 0 atom stereocenters. The quantitative estimate of drug-likeness (QED) is 0.841. The van der Waals surface area contributed by atoms with E-state index in [0.717, 1.165) is 17.6 Å². The van der Waals surface area contributed by atoms with Crippen LogP contribution >= 0.6 is 24.0 Å². The molecule has 0 radical (unpaired) electrons. The van der Waals surface area contributed by atoms with Crippen molar-refractivity contribution in [3.05, 3.63) is 28.8 Å². The van der Waals surface area contributed by atoms with Gasteiger partial charge < -0.3 is 9.55 Å². The lowest BCUT2D eigenvalue weighted by Crippen LogP contribution is -2.16. The number of hydrogen-bond acceptors (Lipinski definition) is 2. The molecule has 0 spiro atoms. The number of nitrogens with zero attached hydrogens (tertiary/aromatic N) is 1. The highest BCUT2D eigenvalue weighted by Crippen LogP contribution is 2.26. The maximum absolute atomic E-state index is 13.2. The highest BCUT2D eigenvalue weighted by molar-refractivity contribution is 7.99. The number of aromatic amines is 1. The fraction of sp³-hybridized carbons (Fsp3) is 0.462. The van der Waals surface area contributed by atoms with Crippen LogP contribution in [0.2, 0.25) is 0 Å². The van der Waals surface area contributed by atoms with Gasteiger partial charge in [0.2, 0.25) is 0 Å². The van der Waals surface area contributed by atoms with Crippen molar-refractivity contribution >= 4 is 35.0 Å². The predicted octanol–water partition coefficient (Wildman–Crippen LogP) is 3.98. The third kappa shape index (κ3) is 2.34. The summed E-state index contributed by atoms with van der Waals surface area (Å²) in [6.45, 7) is 0.949. The largest absolute Gasteiger partial charge is 0.330 e. The Kier molecular flexibility index (Phi) is 3.43. The molecule has 18 heavy (non-hydrogen) atoms. The summed E-state index contributed by atoms with van der Waals surface area (Å²) in [5.74, 6) is 2.96. The van der Waals surface area contributed by atoms with Gasteiger partial charge in [0.05, 0.1) is 11.0 Å². The summed E-state index contributed by atoms with van der Waals surface area (Å²) in [7, 11) is 0. The van der Waals surface area contributed by atoms with Gasteiger partial charge in [-0.15, -0.1) is 0 Å². The number of halogens is 1. The van der Waals surface area contributed by atoms with Gasteiger partial charge in [0.25, 0.3) is 0 Å². The minimum atomic E-state index is -0.222. The van der Waals surface area contributed by atoms with Crippen LogP contribution in [-0.2, 0) is 6.54 Å². The molecule has 0 saturated carbocycles. The number of hydrogen-bond donors (Lipinski definition) is 1. The van der Waals surface area contributed by atoms with E-state index in [0.29, 0.717) is 10.7 Å². The van der Waals surface area contributed by atoms with Crippen molar-refractivity contribution in [1.29, 1.82) is 0 Å². The molecule has 0 bridgehead atoms. The van der Waals surface area contributed by atoms with Crippen LogP contribution in [0.4, 0.5) is 4.39 Å². The fourth-order valence-corrected chi connectivity index (χ4v) is 3.99. The van der Waals surface area contributed by atoms with E-state index in [1.165, 1.54) is 36.5 Å². The molecule has 2 nitrogen and oxygen atoms in total. The number of rotatable bonds is 2. The lowest BCUT2D eigenvalue weighted by molar-refractivity contribution is 0.420. The van der Waals surface area contributed by atoms with Crippen molar-refractivity contribution in [2.45, 2.75) is 19.4 Å². The van der Waals surface area contributed by atoms with E-state index in [-0.39, 0.29) is 5.82 Å². The van der Waals surface area contributed by atoms with E-state index in [1.807, 2.05) is 17.8 Å². The lowest BCUT2D eigenvalue weighted by Gasteiger charge is -2.21. The summed E-state index contributed by atoms with van der Waals surface area (Å²) in [5, 5.41) is 0. The molecule has 1 aliphatic heterocycles. The van der Waals surface area contributed by atoms with Gasteiger partial charge in [0.1, 0.15) is 5.82 Å². The van der Waals surface area contributed by atoms with E-state index in [4.69, 9.17) is 12.2 Å². The normalized spacial score (nSPS) is 17.4. The molecule has 5 heteroatoms. The Labute approximate surface area is 115 Å². The number of thioether (sulfide) groups is 1. The van der Waals surface area contributed by atoms with Crippen molar-refractivity contribution in [2.75, 3.05) is 11.5 Å². The molecule has 3 rings (SSSR count). The summed E-state index contributed by atoms with van der Waals surface area (Å²) < 4.78 is 16.0. The van der Waals surface area contributed by atoms with Gasteiger partial charge >= 0.3 is 0 Å². The van der Waals surface area contributed by atoms with Crippen LogP contribution < -0.4 is 0 Å². The molecule has 1 fully saturated rings. The van der Waals surface area contributed by atoms with Gasteiger partial charge in [0, 0.05) is 6.54 Å². The highest BCUT2D eigenvalue weighted by Gasteiger charge is 2.16. The third-order valence-corrected chi connectivity index (χ3v) is 4.89. The lowest BCUT2D eigenvalue weighted by atomic mass is 10.0. The van der Waals surface area contributed by atoms with Gasteiger partial charge in [-0.2, -0.15) is 11.8 Å². The maximum Gasteiger partial charge on any atom is 0.178 e. The summed E-state index contributed by atoms with van der Waals surface area (Å²) in [5.41, 5.74) is 1.81. The number of H-pyrrole nitrogens is 1. The van der Waals surface area contributed by atoms with Crippen molar-refractivity contribution in [3.63, 3.8) is 0 Å². The van der Waals surface area contributed by atoms with Gasteiger partial charge in [-0.3, -0.25) is 0 Å². The SMILES string of the molecule is Fc1ccc2c(c1)[nH]c(=S)n2CC1CCSCC1. The second-order valence-corrected chi connectivity index (χ2v) is 6.37. The molecule has 2 aromatic rings. The van der Waals surface area contributed by atoms with E-state index >= 15 is 0 Å². The van der Waals surface area contributed by atoms with Crippen molar-refractivity contribution in [2.24, 2.45) is 5.92 Å². The molecule has 96 valence electrons. The zero-order chi connectivity index (χ0) is 12.5. The molecule has 1 saturated heterocycles. The predicted molar refractivity (Wildman–Crippen MR) is 77.1 cm³/mol. The van der Waals surface area contributed by atoms with Crippen LogP contribution in [0.15, 0.2) is 18.2 Å². The number of aromatic nitrogens is 2. The van der Waals surface area contributed by atoms with E-state index < -0.39 is 0 Å². The number of imidazole rings is 1. The molecular formula is C13H15FN2S2. The Balaban J connectivity index is 1.95. The number of fused-ring (bicyclic) bond motifs is 1. The van der Waals surface area contributed by atoms with Crippen LogP contribution in [0, 0.1) is 16.5 Å². The molecule has 1 aliphatic rings. The second-order valence-electron chi connectivity index (χ2n) is 4.76. The molecular weight excluding hydrogens is 267 g/mol. The summed E-state index contributed by atoms with van der Waals surface area (Å²) in [6.07, 6.45) is 2.50. The van der Waals surface area contributed by atoms with Crippen LogP contribution in [-0.4, -0.2) is 21.1 Å². The monoisotopic (exact) mass is 282 g/mol. The van der Waals surface area contributed by atoms with Crippen LogP contribution in [0.1, 0.15) is 12.8 Å². The first-order valence-corrected chi connectivity index (χ1v) is 7.76. The van der Waals surface area contributed by atoms with Gasteiger partial charge in [-0.25, -0.2) is 4.39 Å². The summed E-state index contributed by atoms with van der Waals surface area (Å²) in [4.78, 5) is 3.09. The van der Waals surface area contributed by atoms with Crippen molar-refractivity contribution in [3.8, 4) is 0 Å². The van der Waals surface area contributed by atoms with Crippen LogP contribution in [0.3, 0.4) is 0 Å². The first kappa shape index (κ1) is 12.2. The standard InChI is InChI=1S/C13H15FN2S2/c14-10-1-2-12-11(7-10)15-13(17)16(12)8-9-3-5-18-6-4-9/h1-2,7,9H,3-6,8H2,(H,15,17). The zero-order valence-electron chi connectivity index (χ0n) is 9.99. The molecule has 0 unspecified atom stereocenters. The smallest absolute Gasteiger partial charge is 0.178 e. The third-order valence-electron chi connectivity index (χ3n) is 3.52. The molecule has 1 aromatic heterocycles. The van der Waals surface area contributed by atoms with Crippen LogP contribution in [0.25, 0.3) is 11.0 Å². The molecule has 1 N–H and O–H groups in total. The second kappa shape index (κ2) is 5.05. The van der Waals surface area contributed by atoms with Gasteiger partial charge in [-0.1, -0.05) is 0 Å². The highest BCUT2D eigenvalue weighted by atomic mass is 32.2. The fourth-order valence-electron chi connectivity index (χ4n) is 2.50. The Morgan fingerprint density at radius 1 is 1.39 bits per heavy atom. The number of nitrogens with one attached hydrogen (secondary N) is 1. The van der Waals surface area contributed by atoms with Crippen molar-refractivity contribution in [1.82, 2.24) is 9.55 Å². The maximum atomic E-state index is 13.2. The molecule has 2 heterocycles. The van der Waals surface area contributed by atoms with Crippen molar-refractivity contribution < 1.29 is 4.39 Å². The molecule has 1 aromatic carbocycles. The van der Waals surface area contributed by atoms with E-state index in [9.17, 15) is 4.39 Å². The zero-order valence-corrected chi connectivity index (χ0v) is 11.6. The van der Waals surface area contributed by atoms with Gasteiger partial charge in [-0.05, 0) is 60.7 Å². The minimum absolute atomic E-state index is 0.222. The Bertz CT molecular complexity index is 611. The Morgan fingerprint density at radius 3 is 2.94 bits per heavy atom. The Morgan fingerprint density at radius 2 is 2.17 bits per heavy atom. The summed E-state index contributed by atoms with van der Waals surface area (Å²) in [6, 6.07) is 4.82. The summed E-state index contributed by atoms with van der Waals surface area (Å²) >= 11 is 7.37. The molecule has 0 aliphatic carbocycles. The average molecular weight is 282 g/mol. The minimum Gasteiger partial charge on any atom is -0.330 e. The van der Waals surface area contributed by atoms with Gasteiger partial charge in [0.15, 0.2) is 4.77 Å².